The zero-order chi connectivity index (χ0) is 15.4. The fourth-order valence-electron chi connectivity index (χ4n) is 1.64. The molecular formula is C13H16N4O3S. The first kappa shape index (κ1) is 15.2. The number of amides is 1. The first-order valence-corrected chi connectivity index (χ1v) is 7.34. The van der Waals surface area contributed by atoms with Crippen molar-refractivity contribution < 1.29 is 4.79 Å². The van der Waals surface area contributed by atoms with Crippen LogP contribution in [0, 0.1) is 0 Å². The number of carbonyl (C=O) groups excluding carboxylic acids is 1. The fraction of sp³-hybridized carbons (Fsp3) is 0.385. The predicted octanol–water partition coefficient (Wildman–Crippen LogP) is 0.433. The topological polar surface area (TPSA) is 96.8 Å². The van der Waals surface area contributed by atoms with E-state index in [-0.39, 0.29) is 12.5 Å². The summed E-state index contributed by atoms with van der Waals surface area (Å²) >= 11 is 1.56. The van der Waals surface area contributed by atoms with Gasteiger partial charge < -0.3 is 5.32 Å². The molecule has 2 aromatic rings. The Morgan fingerprint density at radius 2 is 2.24 bits per heavy atom. The first-order chi connectivity index (χ1) is 9.95. The highest BCUT2D eigenvalue weighted by Gasteiger charge is 2.08. The molecule has 2 aromatic heterocycles. The highest BCUT2D eigenvalue weighted by atomic mass is 32.1. The smallest absolute Gasteiger partial charge is 0.328 e. The third-order valence-corrected chi connectivity index (χ3v) is 3.93. The second-order valence-electron chi connectivity index (χ2n) is 4.85. The maximum Gasteiger partial charge on any atom is 0.328 e. The van der Waals surface area contributed by atoms with Crippen molar-refractivity contribution in [3.8, 4) is 0 Å². The lowest BCUT2D eigenvalue weighted by atomic mass is 10.2. The van der Waals surface area contributed by atoms with Crippen LogP contribution in [0.2, 0.25) is 0 Å². The van der Waals surface area contributed by atoms with Crippen LogP contribution in [-0.4, -0.2) is 20.4 Å². The molecule has 0 saturated carbocycles. The van der Waals surface area contributed by atoms with Crippen LogP contribution in [0.3, 0.4) is 0 Å². The number of nitrogens with zero attached hydrogens (tertiary/aromatic N) is 2. The predicted molar refractivity (Wildman–Crippen MR) is 79.4 cm³/mol. The van der Waals surface area contributed by atoms with Crippen molar-refractivity contribution in [3.63, 3.8) is 0 Å². The van der Waals surface area contributed by atoms with E-state index < -0.39 is 11.2 Å². The van der Waals surface area contributed by atoms with Gasteiger partial charge in [-0.25, -0.2) is 9.78 Å². The number of H-pyrrole nitrogens is 1. The molecule has 0 aliphatic carbocycles. The van der Waals surface area contributed by atoms with Crippen molar-refractivity contribution in [2.24, 2.45) is 0 Å². The van der Waals surface area contributed by atoms with Gasteiger partial charge in [0.05, 0.1) is 17.2 Å². The summed E-state index contributed by atoms with van der Waals surface area (Å²) < 4.78 is 1.14. The number of hydrogen-bond acceptors (Lipinski definition) is 5. The molecule has 0 spiro atoms. The molecule has 0 aromatic carbocycles. The highest BCUT2D eigenvalue weighted by Crippen LogP contribution is 2.18. The van der Waals surface area contributed by atoms with E-state index >= 15 is 0 Å². The molecule has 2 rings (SSSR count). The van der Waals surface area contributed by atoms with Crippen LogP contribution in [0.25, 0.3) is 0 Å². The molecule has 0 unspecified atom stereocenters. The summed E-state index contributed by atoms with van der Waals surface area (Å²) in [4.78, 5) is 40.6. The van der Waals surface area contributed by atoms with Gasteiger partial charge in [0.25, 0.3) is 5.56 Å². The molecule has 2 N–H and O–H groups in total. The van der Waals surface area contributed by atoms with Crippen LogP contribution in [-0.2, 0) is 17.9 Å². The molecule has 21 heavy (non-hydrogen) atoms. The Morgan fingerprint density at radius 1 is 1.48 bits per heavy atom. The van der Waals surface area contributed by atoms with Crippen molar-refractivity contribution in [2.45, 2.75) is 32.9 Å². The summed E-state index contributed by atoms with van der Waals surface area (Å²) in [6.07, 6.45) is 1.29. The second-order valence-corrected chi connectivity index (χ2v) is 5.74. The Labute approximate surface area is 124 Å². The maximum absolute atomic E-state index is 11.8. The Kier molecular flexibility index (Phi) is 4.69. The van der Waals surface area contributed by atoms with Crippen LogP contribution >= 0.6 is 11.3 Å². The molecule has 2 heterocycles. The van der Waals surface area contributed by atoms with E-state index in [4.69, 9.17) is 0 Å². The van der Waals surface area contributed by atoms with Crippen LogP contribution in [0.5, 0.6) is 0 Å². The lowest BCUT2D eigenvalue weighted by Crippen LogP contribution is -2.35. The standard InChI is InChI=1S/C13H16N4O3S/c1-8(2)12-15-9(7-21-12)5-14-11(19)6-17-4-3-10(18)16-13(17)20/h3-4,7-8H,5-6H2,1-2H3,(H,14,19)(H,16,18,20). The van der Waals surface area contributed by atoms with Gasteiger partial charge in [0.1, 0.15) is 6.54 Å². The molecule has 112 valence electrons. The average Bonchev–Trinajstić information content (AvgIpc) is 2.89. The third-order valence-electron chi connectivity index (χ3n) is 2.74. The SMILES string of the molecule is CC(C)c1nc(CNC(=O)Cn2ccc(=O)[nH]c2=O)cs1. The van der Waals surface area contributed by atoms with Gasteiger partial charge in [-0.05, 0) is 0 Å². The molecule has 0 radical (unpaired) electrons. The van der Waals surface area contributed by atoms with E-state index in [1.54, 1.807) is 11.3 Å². The summed E-state index contributed by atoms with van der Waals surface area (Å²) in [5.41, 5.74) is -0.292. The van der Waals surface area contributed by atoms with E-state index in [1.807, 2.05) is 5.38 Å². The molecule has 0 fully saturated rings. The minimum Gasteiger partial charge on any atom is -0.349 e. The van der Waals surface area contributed by atoms with Crippen LogP contribution < -0.4 is 16.6 Å². The first-order valence-electron chi connectivity index (χ1n) is 6.46. The van der Waals surface area contributed by atoms with Gasteiger partial charge >= 0.3 is 5.69 Å². The zero-order valence-corrected chi connectivity index (χ0v) is 12.6. The van der Waals surface area contributed by atoms with Crippen molar-refractivity contribution in [1.29, 1.82) is 0 Å². The number of nitrogens with one attached hydrogen (secondary N) is 2. The van der Waals surface area contributed by atoms with Gasteiger partial charge in [-0.2, -0.15) is 0 Å². The average molecular weight is 308 g/mol. The van der Waals surface area contributed by atoms with Crippen LogP contribution in [0.15, 0.2) is 27.2 Å². The van der Waals surface area contributed by atoms with Crippen LogP contribution in [0.1, 0.15) is 30.5 Å². The summed E-state index contributed by atoms with van der Waals surface area (Å²) in [6, 6.07) is 1.20. The monoisotopic (exact) mass is 308 g/mol. The number of carbonyl (C=O) groups is 1. The second kappa shape index (κ2) is 6.49. The van der Waals surface area contributed by atoms with Crippen LogP contribution in [0.4, 0.5) is 0 Å². The van der Waals surface area contributed by atoms with Crippen molar-refractivity contribution in [2.75, 3.05) is 0 Å². The Balaban J connectivity index is 1.92. The summed E-state index contributed by atoms with van der Waals surface area (Å²) in [5.74, 6) is 0.0439. The molecule has 0 saturated heterocycles. The largest absolute Gasteiger partial charge is 0.349 e. The van der Waals surface area contributed by atoms with E-state index in [1.165, 1.54) is 12.3 Å². The summed E-state index contributed by atoms with van der Waals surface area (Å²) in [7, 11) is 0. The van der Waals surface area contributed by atoms with E-state index in [2.05, 4.69) is 29.1 Å². The third kappa shape index (κ3) is 4.12. The molecule has 1 amide bonds. The molecule has 7 nitrogen and oxygen atoms in total. The molecule has 0 atom stereocenters. The van der Waals surface area contributed by atoms with Crippen molar-refractivity contribution in [1.82, 2.24) is 19.9 Å². The minimum atomic E-state index is -0.603. The fourth-order valence-corrected chi connectivity index (χ4v) is 2.47. The number of thiazole rings is 1. The Bertz CT molecular complexity index is 744. The Morgan fingerprint density at radius 3 is 2.86 bits per heavy atom. The molecule has 8 heteroatoms. The highest BCUT2D eigenvalue weighted by molar-refractivity contribution is 7.09. The number of rotatable bonds is 5. The summed E-state index contributed by atoms with van der Waals surface area (Å²) in [5, 5.41) is 5.62. The van der Waals surface area contributed by atoms with E-state index in [0.29, 0.717) is 12.5 Å². The zero-order valence-electron chi connectivity index (χ0n) is 11.8. The molecule has 0 aliphatic rings. The van der Waals surface area contributed by atoms with Gasteiger partial charge in [-0.3, -0.25) is 19.1 Å². The van der Waals surface area contributed by atoms with Gasteiger partial charge in [0.15, 0.2) is 0 Å². The number of hydrogen-bond donors (Lipinski definition) is 2. The van der Waals surface area contributed by atoms with E-state index in [9.17, 15) is 14.4 Å². The van der Waals surface area contributed by atoms with Gasteiger partial charge in [0.2, 0.25) is 5.91 Å². The normalized spacial score (nSPS) is 10.8. The van der Waals surface area contributed by atoms with Crippen molar-refractivity contribution >= 4 is 17.2 Å². The van der Waals surface area contributed by atoms with Gasteiger partial charge in [-0.1, -0.05) is 13.8 Å². The number of aromatic nitrogens is 3. The minimum absolute atomic E-state index is 0.142. The molecule has 0 aliphatic heterocycles. The lowest BCUT2D eigenvalue weighted by Gasteiger charge is -2.05. The lowest BCUT2D eigenvalue weighted by molar-refractivity contribution is -0.121. The number of aromatic amines is 1. The maximum atomic E-state index is 11.8. The molecular weight excluding hydrogens is 292 g/mol. The van der Waals surface area contributed by atoms with Gasteiger partial charge in [0, 0.05) is 23.6 Å². The van der Waals surface area contributed by atoms with Gasteiger partial charge in [-0.15, -0.1) is 11.3 Å². The Hall–Kier alpha value is -2.22. The van der Waals surface area contributed by atoms with E-state index in [0.717, 1.165) is 15.3 Å². The quantitative estimate of drug-likeness (QED) is 0.837. The molecule has 0 bridgehead atoms. The summed E-state index contributed by atoms with van der Waals surface area (Å²) in [6.45, 7) is 4.30. The van der Waals surface area contributed by atoms with Crippen molar-refractivity contribution in [3.05, 3.63) is 49.2 Å².